The minimum absolute atomic E-state index is 0.0684. The van der Waals surface area contributed by atoms with Crippen LogP contribution in [-0.4, -0.2) is 36.6 Å². The first-order chi connectivity index (χ1) is 19.2. The molecule has 0 unspecified atom stereocenters. The van der Waals surface area contributed by atoms with Gasteiger partial charge in [0.2, 0.25) is 0 Å². The Balaban J connectivity index is 1.62. The molecule has 1 aliphatic rings. The molecular formula is C36H40O4. The zero-order valence-electron chi connectivity index (χ0n) is 24.0. The van der Waals surface area contributed by atoms with Crippen molar-refractivity contribution in [1.82, 2.24) is 0 Å². The van der Waals surface area contributed by atoms with Gasteiger partial charge in [0.05, 0.1) is 31.8 Å². The zero-order chi connectivity index (χ0) is 28.4. The number of rotatable bonds is 10. The van der Waals surface area contributed by atoms with Crippen LogP contribution in [0, 0.1) is 10.8 Å². The minimum Gasteiger partial charge on any atom is -0.493 e. The van der Waals surface area contributed by atoms with E-state index in [0.717, 1.165) is 29.0 Å². The highest BCUT2D eigenvalue weighted by Crippen LogP contribution is 2.51. The van der Waals surface area contributed by atoms with Crippen molar-refractivity contribution < 1.29 is 19.7 Å². The summed E-state index contributed by atoms with van der Waals surface area (Å²) in [6, 6.07) is 34.4. The first-order valence-corrected chi connectivity index (χ1v) is 14.0. The second kappa shape index (κ2) is 11.1. The molecule has 208 valence electrons. The average molecular weight is 537 g/mol. The first-order valence-electron chi connectivity index (χ1n) is 14.0. The number of hydrogen-bond acceptors (Lipinski definition) is 4. The van der Waals surface area contributed by atoms with E-state index in [-0.39, 0.29) is 24.0 Å². The van der Waals surface area contributed by atoms with Crippen molar-refractivity contribution in [2.24, 2.45) is 10.8 Å². The third-order valence-corrected chi connectivity index (χ3v) is 7.91. The molecule has 5 rings (SSSR count). The van der Waals surface area contributed by atoms with E-state index in [9.17, 15) is 10.2 Å². The minimum atomic E-state index is -0.517. The Kier molecular flexibility index (Phi) is 7.76. The summed E-state index contributed by atoms with van der Waals surface area (Å²) < 4.78 is 12.1. The van der Waals surface area contributed by atoms with Crippen LogP contribution in [0.1, 0.15) is 61.1 Å². The normalized spacial score (nSPS) is 14.2. The molecule has 0 aliphatic heterocycles. The fourth-order valence-electron chi connectivity index (χ4n) is 5.47. The molecule has 4 heteroatoms. The Labute approximate surface area is 238 Å². The fourth-order valence-corrected chi connectivity index (χ4v) is 5.47. The summed E-state index contributed by atoms with van der Waals surface area (Å²) in [5, 5.41) is 19.3. The molecule has 0 amide bonds. The molecule has 0 atom stereocenters. The maximum atomic E-state index is 9.64. The van der Waals surface area contributed by atoms with E-state index in [4.69, 9.17) is 9.47 Å². The smallest absolute Gasteiger partial charge is 0.119 e. The summed E-state index contributed by atoms with van der Waals surface area (Å²) in [5.41, 5.74) is 6.38. The van der Waals surface area contributed by atoms with Crippen molar-refractivity contribution in [3.8, 4) is 11.5 Å². The van der Waals surface area contributed by atoms with E-state index in [1.54, 1.807) is 0 Å². The topological polar surface area (TPSA) is 58.9 Å². The number of ether oxygens (including phenoxy) is 2. The van der Waals surface area contributed by atoms with Gasteiger partial charge in [-0.2, -0.15) is 0 Å². The van der Waals surface area contributed by atoms with Gasteiger partial charge in [0.25, 0.3) is 0 Å². The SMILES string of the molecule is CC(C)(CO)COc1ccc(C2(c3ccc(OCC(C)(C)CO)cc3)c3ccccc3Cc3ccccc32)cc1. The number of aliphatic hydroxyl groups is 2. The lowest BCUT2D eigenvalue weighted by molar-refractivity contribution is 0.0975. The number of fused-ring (bicyclic) bond motifs is 2. The second-order valence-corrected chi connectivity index (χ2v) is 12.5. The van der Waals surface area contributed by atoms with Crippen molar-refractivity contribution in [2.45, 2.75) is 39.5 Å². The van der Waals surface area contributed by atoms with Crippen molar-refractivity contribution in [2.75, 3.05) is 26.4 Å². The summed E-state index contributed by atoms with van der Waals surface area (Å²) in [7, 11) is 0. The molecule has 0 spiro atoms. The van der Waals surface area contributed by atoms with Gasteiger partial charge >= 0.3 is 0 Å². The average Bonchev–Trinajstić information content (AvgIpc) is 2.98. The largest absolute Gasteiger partial charge is 0.493 e. The lowest BCUT2D eigenvalue weighted by atomic mass is 9.60. The van der Waals surface area contributed by atoms with Crippen molar-refractivity contribution in [3.05, 3.63) is 130 Å². The molecule has 0 radical (unpaired) electrons. The van der Waals surface area contributed by atoms with Crippen LogP contribution in [0.2, 0.25) is 0 Å². The number of aliphatic hydroxyl groups excluding tert-OH is 2. The molecule has 0 fully saturated rings. The number of benzene rings is 4. The van der Waals surface area contributed by atoms with Crippen LogP contribution < -0.4 is 9.47 Å². The zero-order valence-corrected chi connectivity index (χ0v) is 24.0. The molecule has 0 saturated carbocycles. The van der Waals surface area contributed by atoms with Crippen LogP contribution in [0.3, 0.4) is 0 Å². The summed E-state index contributed by atoms with van der Waals surface area (Å²) in [6.07, 6.45) is 0.892. The van der Waals surface area contributed by atoms with Crippen molar-refractivity contribution in [1.29, 1.82) is 0 Å². The Morgan fingerprint density at radius 3 is 1.32 bits per heavy atom. The van der Waals surface area contributed by atoms with Gasteiger partial charge < -0.3 is 19.7 Å². The monoisotopic (exact) mass is 536 g/mol. The van der Waals surface area contributed by atoms with Crippen LogP contribution in [0.15, 0.2) is 97.1 Å². The Morgan fingerprint density at radius 2 is 0.950 bits per heavy atom. The van der Waals surface area contributed by atoms with Gasteiger partial charge in [0.1, 0.15) is 11.5 Å². The Bertz CT molecular complexity index is 1320. The Hall–Kier alpha value is -3.60. The van der Waals surface area contributed by atoms with E-state index in [1.165, 1.54) is 22.3 Å². The highest BCUT2D eigenvalue weighted by molar-refractivity contribution is 5.67. The predicted octanol–water partition coefficient (Wildman–Crippen LogP) is 6.77. The summed E-state index contributed by atoms with van der Waals surface area (Å²) in [5.74, 6) is 1.57. The maximum Gasteiger partial charge on any atom is 0.119 e. The molecule has 1 aliphatic carbocycles. The van der Waals surface area contributed by atoms with Gasteiger partial charge in [0.15, 0.2) is 0 Å². The second-order valence-electron chi connectivity index (χ2n) is 12.5. The molecule has 0 saturated heterocycles. The van der Waals surface area contributed by atoms with Crippen molar-refractivity contribution >= 4 is 0 Å². The fraction of sp³-hybridized carbons (Fsp3) is 0.333. The molecule has 2 N–H and O–H groups in total. The van der Waals surface area contributed by atoms with E-state index < -0.39 is 5.41 Å². The summed E-state index contributed by atoms with van der Waals surface area (Å²) in [6.45, 7) is 8.98. The van der Waals surface area contributed by atoms with E-state index in [2.05, 4.69) is 72.8 Å². The van der Waals surface area contributed by atoms with Crippen LogP contribution in [-0.2, 0) is 11.8 Å². The van der Waals surface area contributed by atoms with E-state index >= 15 is 0 Å². The van der Waals surface area contributed by atoms with Crippen LogP contribution >= 0.6 is 0 Å². The van der Waals surface area contributed by atoms with Crippen LogP contribution in [0.5, 0.6) is 11.5 Å². The summed E-state index contributed by atoms with van der Waals surface area (Å²) in [4.78, 5) is 0. The van der Waals surface area contributed by atoms with Gasteiger partial charge in [-0.25, -0.2) is 0 Å². The van der Waals surface area contributed by atoms with Crippen molar-refractivity contribution in [3.63, 3.8) is 0 Å². The molecular weight excluding hydrogens is 496 g/mol. The third kappa shape index (κ3) is 5.39. The highest BCUT2D eigenvalue weighted by Gasteiger charge is 2.43. The van der Waals surface area contributed by atoms with Gasteiger partial charge in [-0.15, -0.1) is 0 Å². The molecule has 0 heterocycles. The van der Waals surface area contributed by atoms with Gasteiger partial charge in [0, 0.05) is 10.8 Å². The van der Waals surface area contributed by atoms with Crippen LogP contribution in [0.4, 0.5) is 0 Å². The van der Waals surface area contributed by atoms with E-state index in [1.807, 2.05) is 52.0 Å². The highest BCUT2D eigenvalue weighted by atomic mass is 16.5. The Morgan fingerprint density at radius 1 is 0.575 bits per heavy atom. The van der Waals surface area contributed by atoms with Gasteiger partial charge in [-0.05, 0) is 64.1 Å². The quantitative estimate of drug-likeness (QED) is 0.207. The maximum absolute atomic E-state index is 9.64. The molecule has 4 aromatic carbocycles. The van der Waals surface area contributed by atoms with E-state index in [0.29, 0.717) is 13.2 Å². The van der Waals surface area contributed by atoms with Gasteiger partial charge in [-0.3, -0.25) is 0 Å². The number of hydrogen-bond donors (Lipinski definition) is 2. The molecule has 4 nitrogen and oxygen atoms in total. The lowest BCUT2D eigenvalue weighted by Gasteiger charge is -2.42. The predicted molar refractivity (Wildman–Crippen MR) is 160 cm³/mol. The molecule has 4 aromatic rings. The molecule has 40 heavy (non-hydrogen) atoms. The third-order valence-electron chi connectivity index (χ3n) is 7.91. The summed E-state index contributed by atoms with van der Waals surface area (Å²) >= 11 is 0. The standard InChI is InChI=1S/C36H40O4/c1-34(2,22-37)24-39-30-17-13-28(14-18-30)36(29-15-19-31(20-16-29)40-25-35(3,4)23-38)32-11-7-5-9-26(32)21-27-10-6-8-12-33(27)36/h5-20,37-38H,21-25H2,1-4H3. The van der Waals surface area contributed by atoms with Gasteiger partial charge in [-0.1, -0.05) is 100 Å². The molecule has 0 aromatic heterocycles. The van der Waals surface area contributed by atoms with Crippen LogP contribution in [0.25, 0.3) is 0 Å². The first kappa shape index (κ1) is 27.9. The molecule has 0 bridgehead atoms. The lowest BCUT2D eigenvalue weighted by Crippen LogP contribution is -2.36.